The molecule has 0 spiro atoms. The molecule has 3 rings (SSSR count). The molecule has 0 bridgehead atoms. The molecule has 0 atom stereocenters. The lowest BCUT2D eigenvalue weighted by Crippen LogP contribution is -2.35. The van der Waals surface area contributed by atoms with E-state index >= 15 is 0 Å². The van der Waals surface area contributed by atoms with Crippen molar-refractivity contribution in [3.05, 3.63) is 41.2 Å². The van der Waals surface area contributed by atoms with E-state index in [4.69, 9.17) is 11.6 Å². The Balaban J connectivity index is 1.62. The molecular formula is C17H21ClN4OS. The molecule has 24 heavy (non-hydrogen) atoms. The van der Waals surface area contributed by atoms with Gasteiger partial charge in [0.05, 0.1) is 0 Å². The second-order valence-corrected chi connectivity index (χ2v) is 7.01. The lowest BCUT2D eigenvalue weighted by atomic mass is 10.1. The topological polar surface area (TPSA) is 49.3 Å². The first-order valence-electron chi connectivity index (χ1n) is 8.12. The molecule has 5 nitrogen and oxygen atoms in total. The number of nitrogens with zero attached hydrogens (tertiary/aromatic N) is 4. The quantitative estimate of drug-likeness (QED) is 0.783. The van der Waals surface area contributed by atoms with Crippen LogP contribution >= 0.6 is 23.1 Å². The van der Waals surface area contributed by atoms with Gasteiger partial charge in [-0.05, 0) is 18.9 Å². The van der Waals surface area contributed by atoms with Gasteiger partial charge in [0.2, 0.25) is 11.0 Å². The summed E-state index contributed by atoms with van der Waals surface area (Å²) in [4.78, 5) is 20.5. The Kier molecular flexibility index (Phi) is 5.68. The van der Waals surface area contributed by atoms with Gasteiger partial charge in [0.15, 0.2) is 0 Å². The monoisotopic (exact) mass is 364 g/mol. The minimum Gasteiger partial charge on any atom is -0.345 e. The van der Waals surface area contributed by atoms with Crippen LogP contribution in [0.1, 0.15) is 23.4 Å². The number of amides is 1. The molecule has 1 fully saturated rings. The average Bonchev–Trinajstić information content (AvgIpc) is 2.91. The Bertz CT molecular complexity index is 688. The molecule has 7 heteroatoms. The first kappa shape index (κ1) is 17.2. The first-order chi connectivity index (χ1) is 11.7. The van der Waals surface area contributed by atoms with Gasteiger partial charge in [-0.25, -0.2) is 4.98 Å². The number of aryl methyl sites for hydroxylation is 1. The zero-order valence-corrected chi connectivity index (χ0v) is 15.3. The Morgan fingerprint density at radius 2 is 2.00 bits per heavy atom. The number of benzene rings is 1. The lowest BCUT2D eigenvalue weighted by Gasteiger charge is -2.20. The van der Waals surface area contributed by atoms with Crippen LogP contribution in [0, 0.1) is 6.92 Å². The van der Waals surface area contributed by atoms with Crippen LogP contribution in [0.5, 0.6) is 0 Å². The third-order valence-corrected chi connectivity index (χ3v) is 5.22. The molecule has 1 aromatic carbocycles. The number of aromatic nitrogens is 2. The summed E-state index contributed by atoms with van der Waals surface area (Å²) in [5.74, 6) is 0.923. The van der Waals surface area contributed by atoms with Crippen molar-refractivity contribution < 1.29 is 4.79 Å². The molecule has 2 aromatic rings. The highest BCUT2D eigenvalue weighted by Gasteiger charge is 2.20. The lowest BCUT2D eigenvalue weighted by molar-refractivity contribution is -0.128. The smallest absolute Gasteiger partial charge is 0.237 e. The van der Waals surface area contributed by atoms with Crippen LogP contribution < -0.4 is 4.90 Å². The molecule has 1 aromatic heterocycles. The highest BCUT2D eigenvalue weighted by atomic mass is 35.5. The fourth-order valence-electron chi connectivity index (χ4n) is 2.78. The SMILES string of the molecule is Cc1ccc(Cc2nsc(N3CCCN(C(=O)CCl)CC3)n2)cc1. The van der Waals surface area contributed by atoms with Gasteiger partial charge in [-0.15, -0.1) is 11.6 Å². The van der Waals surface area contributed by atoms with Crippen LogP contribution in [0.3, 0.4) is 0 Å². The maximum atomic E-state index is 11.7. The van der Waals surface area contributed by atoms with E-state index in [0.29, 0.717) is 6.54 Å². The van der Waals surface area contributed by atoms with E-state index in [1.54, 1.807) is 0 Å². The van der Waals surface area contributed by atoms with Gasteiger partial charge < -0.3 is 9.80 Å². The van der Waals surface area contributed by atoms with E-state index in [1.165, 1.54) is 22.7 Å². The summed E-state index contributed by atoms with van der Waals surface area (Å²) in [6.45, 7) is 5.21. The summed E-state index contributed by atoms with van der Waals surface area (Å²) < 4.78 is 4.50. The van der Waals surface area contributed by atoms with Crippen LogP contribution in [0.4, 0.5) is 5.13 Å². The van der Waals surface area contributed by atoms with Crippen LogP contribution in [-0.4, -0.2) is 52.2 Å². The van der Waals surface area contributed by atoms with Crippen molar-refractivity contribution in [2.45, 2.75) is 19.8 Å². The van der Waals surface area contributed by atoms with Gasteiger partial charge in [-0.3, -0.25) is 4.79 Å². The molecule has 1 aliphatic heterocycles. The zero-order chi connectivity index (χ0) is 16.9. The summed E-state index contributed by atoms with van der Waals surface area (Å²) in [5, 5.41) is 0.942. The molecular weight excluding hydrogens is 344 g/mol. The fourth-order valence-corrected chi connectivity index (χ4v) is 3.68. The maximum Gasteiger partial charge on any atom is 0.237 e. The van der Waals surface area contributed by atoms with Crippen LogP contribution in [-0.2, 0) is 11.2 Å². The van der Waals surface area contributed by atoms with Gasteiger partial charge in [0, 0.05) is 44.1 Å². The molecule has 0 saturated carbocycles. The van der Waals surface area contributed by atoms with Crippen LogP contribution in [0.25, 0.3) is 0 Å². The van der Waals surface area contributed by atoms with Crippen LogP contribution in [0.15, 0.2) is 24.3 Å². The zero-order valence-electron chi connectivity index (χ0n) is 13.7. The highest BCUT2D eigenvalue weighted by molar-refractivity contribution is 7.09. The van der Waals surface area contributed by atoms with Gasteiger partial charge in [0.25, 0.3) is 0 Å². The average molecular weight is 365 g/mol. The predicted molar refractivity (Wildman–Crippen MR) is 98.0 cm³/mol. The van der Waals surface area contributed by atoms with Crippen molar-refractivity contribution in [3.8, 4) is 0 Å². The van der Waals surface area contributed by atoms with Gasteiger partial charge in [0.1, 0.15) is 11.7 Å². The van der Waals surface area contributed by atoms with E-state index < -0.39 is 0 Å². The third kappa shape index (κ3) is 4.24. The number of alkyl halides is 1. The Hall–Kier alpha value is -1.66. The molecule has 0 N–H and O–H groups in total. The van der Waals surface area contributed by atoms with Crippen molar-refractivity contribution >= 4 is 34.2 Å². The summed E-state index contributed by atoms with van der Waals surface area (Å²) in [6.07, 6.45) is 1.68. The first-order valence-corrected chi connectivity index (χ1v) is 9.43. The molecule has 0 unspecified atom stereocenters. The van der Waals surface area contributed by atoms with Crippen LogP contribution in [0.2, 0.25) is 0 Å². The number of rotatable bonds is 4. The van der Waals surface area contributed by atoms with Crippen molar-refractivity contribution in [1.82, 2.24) is 14.3 Å². The van der Waals surface area contributed by atoms with E-state index in [9.17, 15) is 4.79 Å². The van der Waals surface area contributed by atoms with Gasteiger partial charge in [-0.1, -0.05) is 29.8 Å². The number of hydrogen-bond acceptors (Lipinski definition) is 5. The molecule has 128 valence electrons. The standard InChI is InChI=1S/C17H21ClN4OS/c1-13-3-5-14(6-4-13)11-15-19-17(24-20-15)22-8-2-7-21(9-10-22)16(23)12-18/h3-6H,2,7-12H2,1H3. The fraction of sp³-hybridized carbons (Fsp3) is 0.471. The summed E-state index contributed by atoms with van der Waals surface area (Å²) in [6, 6.07) is 8.47. The van der Waals surface area contributed by atoms with Crippen molar-refractivity contribution in [2.24, 2.45) is 0 Å². The molecule has 1 amide bonds. The maximum absolute atomic E-state index is 11.7. The number of carbonyl (C=O) groups excluding carboxylic acids is 1. The summed E-state index contributed by atoms with van der Waals surface area (Å²) >= 11 is 7.10. The number of halogens is 1. The summed E-state index contributed by atoms with van der Waals surface area (Å²) in [7, 11) is 0. The second-order valence-electron chi connectivity index (χ2n) is 6.01. The number of hydrogen-bond donors (Lipinski definition) is 0. The summed E-state index contributed by atoms with van der Waals surface area (Å²) in [5.41, 5.74) is 2.48. The van der Waals surface area contributed by atoms with Crippen molar-refractivity contribution in [3.63, 3.8) is 0 Å². The Morgan fingerprint density at radius 1 is 1.21 bits per heavy atom. The molecule has 0 radical (unpaired) electrons. The molecule has 0 aliphatic carbocycles. The van der Waals surface area contributed by atoms with Gasteiger partial charge in [-0.2, -0.15) is 4.37 Å². The van der Waals surface area contributed by atoms with Gasteiger partial charge >= 0.3 is 0 Å². The van der Waals surface area contributed by atoms with E-state index in [1.807, 2.05) is 4.90 Å². The number of carbonyl (C=O) groups is 1. The normalized spacial score (nSPS) is 15.4. The predicted octanol–water partition coefficient (Wildman–Crippen LogP) is 2.71. The third-order valence-electron chi connectivity index (χ3n) is 4.17. The van der Waals surface area contributed by atoms with E-state index in [2.05, 4.69) is 45.4 Å². The molecule has 2 heterocycles. The molecule has 1 saturated heterocycles. The largest absolute Gasteiger partial charge is 0.345 e. The Labute approximate surface area is 151 Å². The number of anilines is 1. The minimum absolute atomic E-state index is 0.0100. The van der Waals surface area contributed by atoms with Crippen molar-refractivity contribution in [1.29, 1.82) is 0 Å². The van der Waals surface area contributed by atoms with E-state index in [0.717, 1.165) is 43.4 Å². The second kappa shape index (κ2) is 7.94. The highest BCUT2D eigenvalue weighted by Crippen LogP contribution is 2.20. The van der Waals surface area contributed by atoms with Crippen molar-refractivity contribution in [2.75, 3.05) is 37.0 Å². The van der Waals surface area contributed by atoms with E-state index in [-0.39, 0.29) is 11.8 Å². The Morgan fingerprint density at radius 3 is 2.75 bits per heavy atom. The minimum atomic E-state index is 0.0100. The molecule has 1 aliphatic rings.